The highest BCUT2D eigenvalue weighted by Crippen LogP contribution is 2.23. The fraction of sp³-hybridized carbons (Fsp3) is 0.778. The van der Waals surface area contributed by atoms with E-state index in [9.17, 15) is 0 Å². The van der Waals surface area contributed by atoms with Crippen molar-refractivity contribution in [3.05, 3.63) is 12.8 Å². The SMILES string of the molecule is C=CNC1CCCC[C@H]1C. The highest BCUT2D eigenvalue weighted by molar-refractivity contribution is 4.81. The molecule has 10 heavy (non-hydrogen) atoms. The van der Waals surface area contributed by atoms with Crippen molar-refractivity contribution in [3.8, 4) is 0 Å². The van der Waals surface area contributed by atoms with Gasteiger partial charge in [0.1, 0.15) is 0 Å². The Labute approximate surface area is 63.5 Å². The lowest BCUT2D eigenvalue weighted by atomic mass is 9.86. The Morgan fingerprint density at radius 1 is 1.40 bits per heavy atom. The zero-order valence-corrected chi connectivity index (χ0v) is 6.77. The minimum Gasteiger partial charge on any atom is -0.388 e. The molecule has 0 aromatic heterocycles. The molecule has 1 unspecified atom stereocenters. The van der Waals surface area contributed by atoms with Crippen molar-refractivity contribution in [3.63, 3.8) is 0 Å². The molecule has 1 rings (SSSR count). The van der Waals surface area contributed by atoms with Crippen molar-refractivity contribution in [2.75, 3.05) is 0 Å². The third-order valence-electron chi connectivity index (χ3n) is 2.44. The molecule has 0 radical (unpaired) electrons. The fourth-order valence-corrected chi connectivity index (χ4v) is 1.72. The molecule has 1 heteroatoms. The quantitative estimate of drug-likeness (QED) is 0.619. The van der Waals surface area contributed by atoms with Gasteiger partial charge in [-0.3, -0.25) is 0 Å². The first-order valence-corrected chi connectivity index (χ1v) is 4.21. The van der Waals surface area contributed by atoms with Gasteiger partial charge >= 0.3 is 0 Å². The first kappa shape index (κ1) is 7.64. The molecule has 1 fully saturated rings. The average molecular weight is 139 g/mol. The van der Waals surface area contributed by atoms with Gasteiger partial charge in [0.2, 0.25) is 0 Å². The summed E-state index contributed by atoms with van der Waals surface area (Å²) >= 11 is 0. The Kier molecular flexibility index (Phi) is 2.79. The van der Waals surface area contributed by atoms with E-state index in [2.05, 4.69) is 18.8 Å². The second kappa shape index (κ2) is 3.65. The maximum Gasteiger partial charge on any atom is 0.0281 e. The first-order chi connectivity index (χ1) is 4.84. The third-order valence-corrected chi connectivity index (χ3v) is 2.44. The lowest BCUT2D eigenvalue weighted by molar-refractivity contribution is 0.302. The maximum absolute atomic E-state index is 3.68. The molecule has 0 spiro atoms. The first-order valence-electron chi connectivity index (χ1n) is 4.21. The van der Waals surface area contributed by atoms with Crippen LogP contribution in [0.5, 0.6) is 0 Å². The fourth-order valence-electron chi connectivity index (χ4n) is 1.72. The second-order valence-corrected chi connectivity index (χ2v) is 3.24. The van der Waals surface area contributed by atoms with Gasteiger partial charge in [0.25, 0.3) is 0 Å². The smallest absolute Gasteiger partial charge is 0.0281 e. The van der Waals surface area contributed by atoms with Crippen LogP contribution in [-0.4, -0.2) is 6.04 Å². The summed E-state index contributed by atoms with van der Waals surface area (Å²) in [5.74, 6) is 0.840. The number of nitrogens with one attached hydrogen (secondary N) is 1. The van der Waals surface area contributed by atoms with Crippen LogP contribution in [0.15, 0.2) is 12.8 Å². The average Bonchev–Trinajstić information content (AvgIpc) is 1.94. The number of rotatable bonds is 2. The Bertz CT molecular complexity index is 109. The van der Waals surface area contributed by atoms with Gasteiger partial charge in [0.05, 0.1) is 0 Å². The summed E-state index contributed by atoms with van der Waals surface area (Å²) in [4.78, 5) is 0. The van der Waals surface area contributed by atoms with Crippen molar-refractivity contribution in [1.82, 2.24) is 5.32 Å². The van der Waals surface area contributed by atoms with E-state index in [4.69, 9.17) is 0 Å². The molecule has 0 saturated heterocycles. The zero-order valence-electron chi connectivity index (χ0n) is 6.77. The Balaban J connectivity index is 2.32. The van der Waals surface area contributed by atoms with Gasteiger partial charge < -0.3 is 5.32 Å². The van der Waals surface area contributed by atoms with Crippen molar-refractivity contribution in [1.29, 1.82) is 0 Å². The Hall–Kier alpha value is -0.460. The molecule has 0 aromatic carbocycles. The maximum atomic E-state index is 3.68. The summed E-state index contributed by atoms with van der Waals surface area (Å²) in [6.45, 7) is 6.00. The van der Waals surface area contributed by atoms with Gasteiger partial charge in [-0.15, -0.1) is 0 Å². The van der Waals surface area contributed by atoms with Crippen LogP contribution in [-0.2, 0) is 0 Å². The molecule has 0 aromatic rings. The molecule has 1 saturated carbocycles. The van der Waals surface area contributed by atoms with E-state index in [1.165, 1.54) is 25.7 Å². The van der Waals surface area contributed by atoms with Gasteiger partial charge in [0.15, 0.2) is 0 Å². The van der Waals surface area contributed by atoms with E-state index in [0.29, 0.717) is 6.04 Å². The standard InChI is InChI=1S/C9H17N/c1-3-10-9-7-5-4-6-8(9)2/h3,8-10H,1,4-7H2,2H3/t8-,9?/m1/s1. The Morgan fingerprint density at radius 3 is 2.70 bits per heavy atom. The Morgan fingerprint density at radius 2 is 2.10 bits per heavy atom. The van der Waals surface area contributed by atoms with Gasteiger partial charge in [-0.05, 0) is 25.0 Å². The van der Waals surface area contributed by atoms with Crippen LogP contribution in [0.1, 0.15) is 32.6 Å². The largest absolute Gasteiger partial charge is 0.388 e. The second-order valence-electron chi connectivity index (χ2n) is 3.24. The van der Waals surface area contributed by atoms with Crippen molar-refractivity contribution < 1.29 is 0 Å². The summed E-state index contributed by atoms with van der Waals surface area (Å²) < 4.78 is 0. The summed E-state index contributed by atoms with van der Waals surface area (Å²) in [7, 11) is 0. The molecule has 0 bridgehead atoms. The molecule has 1 N–H and O–H groups in total. The minimum absolute atomic E-state index is 0.700. The van der Waals surface area contributed by atoms with E-state index in [-0.39, 0.29) is 0 Å². The summed E-state index contributed by atoms with van der Waals surface area (Å²) in [5.41, 5.74) is 0. The van der Waals surface area contributed by atoms with Crippen molar-refractivity contribution >= 4 is 0 Å². The summed E-state index contributed by atoms with van der Waals surface area (Å²) in [6.07, 6.45) is 7.33. The number of hydrogen-bond donors (Lipinski definition) is 1. The van der Waals surface area contributed by atoms with Gasteiger partial charge in [-0.2, -0.15) is 0 Å². The normalized spacial score (nSPS) is 33.3. The molecule has 2 atom stereocenters. The van der Waals surface area contributed by atoms with Crippen LogP contribution in [0.3, 0.4) is 0 Å². The lowest BCUT2D eigenvalue weighted by Gasteiger charge is -2.28. The molecular formula is C9H17N. The van der Waals surface area contributed by atoms with Crippen LogP contribution < -0.4 is 5.32 Å². The van der Waals surface area contributed by atoms with Gasteiger partial charge in [-0.1, -0.05) is 26.3 Å². The molecule has 0 amide bonds. The van der Waals surface area contributed by atoms with Crippen molar-refractivity contribution in [2.45, 2.75) is 38.6 Å². The minimum atomic E-state index is 0.700. The molecule has 58 valence electrons. The predicted molar refractivity (Wildman–Crippen MR) is 44.8 cm³/mol. The lowest BCUT2D eigenvalue weighted by Crippen LogP contribution is -2.33. The van der Waals surface area contributed by atoms with Crippen LogP contribution >= 0.6 is 0 Å². The van der Waals surface area contributed by atoms with Crippen LogP contribution in [0, 0.1) is 5.92 Å². The molecule has 1 aliphatic carbocycles. The third kappa shape index (κ3) is 1.76. The van der Waals surface area contributed by atoms with E-state index in [1.807, 2.05) is 6.20 Å². The zero-order chi connectivity index (χ0) is 7.40. The van der Waals surface area contributed by atoms with E-state index >= 15 is 0 Å². The molecular weight excluding hydrogens is 122 g/mol. The van der Waals surface area contributed by atoms with Gasteiger partial charge in [0, 0.05) is 6.04 Å². The van der Waals surface area contributed by atoms with Crippen LogP contribution in [0.2, 0.25) is 0 Å². The summed E-state index contributed by atoms with van der Waals surface area (Å²) in [5, 5.41) is 3.30. The monoisotopic (exact) mass is 139 g/mol. The van der Waals surface area contributed by atoms with E-state index in [1.54, 1.807) is 0 Å². The molecule has 0 heterocycles. The highest BCUT2D eigenvalue weighted by Gasteiger charge is 2.18. The molecule has 1 nitrogen and oxygen atoms in total. The predicted octanol–water partition coefficient (Wildman–Crippen LogP) is 2.30. The summed E-state index contributed by atoms with van der Waals surface area (Å²) in [6, 6.07) is 0.700. The number of hydrogen-bond acceptors (Lipinski definition) is 1. The van der Waals surface area contributed by atoms with E-state index in [0.717, 1.165) is 5.92 Å². The van der Waals surface area contributed by atoms with Gasteiger partial charge in [-0.25, -0.2) is 0 Å². The highest BCUT2D eigenvalue weighted by atomic mass is 14.9. The van der Waals surface area contributed by atoms with E-state index < -0.39 is 0 Å². The van der Waals surface area contributed by atoms with Crippen LogP contribution in [0.4, 0.5) is 0 Å². The topological polar surface area (TPSA) is 12.0 Å². The molecule has 0 aliphatic heterocycles. The van der Waals surface area contributed by atoms with Crippen molar-refractivity contribution in [2.24, 2.45) is 5.92 Å². The molecule has 1 aliphatic rings. The van der Waals surface area contributed by atoms with Crippen LogP contribution in [0.25, 0.3) is 0 Å².